The second kappa shape index (κ2) is 6.05. The van der Waals surface area contributed by atoms with E-state index in [4.69, 9.17) is 5.73 Å². The SMILES string of the molecule is CC(Nc1cnn(CC(N)=O)c1)c1ccc(I)cc1. The summed E-state index contributed by atoms with van der Waals surface area (Å²) in [6.45, 7) is 2.17. The number of rotatable bonds is 5. The molecule has 0 saturated carbocycles. The van der Waals surface area contributed by atoms with E-state index in [1.807, 2.05) is 0 Å². The number of amides is 1. The molecule has 0 fully saturated rings. The molecule has 0 spiro atoms. The molecule has 6 heteroatoms. The molecule has 0 aliphatic rings. The van der Waals surface area contributed by atoms with Crippen LogP contribution >= 0.6 is 22.6 Å². The van der Waals surface area contributed by atoms with Gasteiger partial charge in [-0.15, -0.1) is 0 Å². The Labute approximate surface area is 125 Å². The fourth-order valence-electron chi connectivity index (χ4n) is 1.77. The molecular formula is C13H15IN4O. The van der Waals surface area contributed by atoms with Crippen LogP contribution in [0.1, 0.15) is 18.5 Å². The van der Waals surface area contributed by atoms with Crippen LogP contribution in [-0.4, -0.2) is 15.7 Å². The molecular weight excluding hydrogens is 355 g/mol. The minimum absolute atomic E-state index is 0.0968. The van der Waals surface area contributed by atoms with Crippen LogP contribution in [0.5, 0.6) is 0 Å². The Morgan fingerprint density at radius 1 is 1.47 bits per heavy atom. The summed E-state index contributed by atoms with van der Waals surface area (Å²) in [6.07, 6.45) is 3.46. The van der Waals surface area contributed by atoms with Crippen LogP contribution in [0, 0.1) is 3.57 Å². The van der Waals surface area contributed by atoms with E-state index < -0.39 is 5.91 Å². The number of carbonyl (C=O) groups excluding carboxylic acids is 1. The van der Waals surface area contributed by atoms with Gasteiger partial charge in [0.2, 0.25) is 5.91 Å². The second-order valence-electron chi connectivity index (χ2n) is 4.31. The van der Waals surface area contributed by atoms with Crippen molar-refractivity contribution in [1.82, 2.24) is 9.78 Å². The van der Waals surface area contributed by atoms with Crippen molar-refractivity contribution >= 4 is 34.2 Å². The summed E-state index contributed by atoms with van der Waals surface area (Å²) < 4.78 is 2.73. The van der Waals surface area contributed by atoms with Crippen molar-refractivity contribution in [2.45, 2.75) is 19.5 Å². The van der Waals surface area contributed by atoms with Crippen LogP contribution in [-0.2, 0) is 11.3 Å². The molecule has 3 N–H and O–H groups in total. The number of hydrogen-bond acceptors (Lipinski definition) is 3. The molecule has 1 aromatic heterocycles. The van der Waals surface area contributed by atoms with Gasteiger partial charge in [0.15, 0.2) is 0 Å². The van der Waals surface area contributed by atoms with E-state index >= 15 is 0 Å². The monoisotopic (exact) mass is 370 g/mol. The van der Waals surface area contributed by atoms with E-state index in [-0.39, 0.29) is 12.6 Å². The van der Waals surface area contributed by atoms with Crippen molar-refractivity contribution in [1.29, 1.82) is 0 Å². The van der Waals surface area contributed by atoms with Gasteiger partial charge in [0, 0.05) is 15.8 Å². The fraction of sp³-hybridized carbons (Fsp3) is 0.231. The van der Waals surface area contributed by atoms with E-state index in [2.05, 4.69) is 64.2 Å². The Morgan fingerprint density at radius 3 is 2.79 bits per heavy atom. The Kier molecular flexibility index (Phi) is 4.41. The van der Waals surface area contributed by atoms with Crippen LogP contribution < -0.4 is 11.1 Å². The first kappa shape index (κ1) is 13.9. The Hall–Kier alpha value is -1.57. The summed E-state index contributed by atoms with van der Waals surface area (Å²) in [5.41, 5.74) is 7.18. The first-order chi connectivity index (χ1) is 9.04. The Bertz CT molecular complexity index is 564. The maximum absolute atomic E-state index is 10.8. The van der Waals surface area contributed by atoms with Crippen molar-refractivity contribution in [2.75, 3.05) is 5.32 Å². The number of carbonyl (C=O) groups is 1. The first-order valence-electron chi connectivity index (χ1n) is 5.87. The minimum atomic E-state index is -0.402. The maximum Gasteiger partial charge on any atom is 0.239 e. The third-order valence-electron chi connectivity index (χ3n) is 2.70. The number of hydrogen-bond donors (Lipinski definition) is 2. The number of anilines is 1. The molecule has 1 amide bonds. The smallest absolute Gasteiger partial charge is 0.239 e. The van der Waals surface area contributed by atoms with Gasteiger partial charge in [-0.05, 0) is 47.2 Å². The first-order valence-corrected chi connectivity index (χ1v) is 6.95. The average molecular weight is 370 g/mol. The number of primary amides is 1. The highest BCUT2D eigenvalue weighted by Gasteiger charge is 2.07. The molecule has 19 heavy (non-hydrogen) atoms. The van der Waals surface area contributed by atoms with Crippen LogP contribution in [0.25, 0.3) is 0 Å². The van der Waals surface area contributed by atoms with Crippen molar-refractivity contribution < 1.29 is 4.79 Å². The van der Waals surface area contributed by atoms with E-state index in [0.29, 0.717) is 0 Å². The number of nitrogens with two attached hydrogens (primary N) is 1. The van der Waals surface area contributed by atoms with Crippen LogP contribution in [0.4, 0.5) is 5.69 Å². The van der Waals surface area contributed by atoms with Crippen LogP contribution in [0.2, 0.25) is 0 Å². The lowest BCUT2D eigenvalue weighted by Crippen LogP contribution is -2.18. The summed E-state index contributed by atoms with van der Waals surface area (Å²) in [4.78, 5) is 10.8. The van der Waals surface area contributed by atoms with Gasteiger partial charge in [0.1, 0.15) is 6.54 Å². The number of nitrogens with zero attached hydrogens (tertiary/aromatic N) is 2. The second-order valence-corrected chi connectivity index (χ2v) is 5.56. The molecule has 100 valence electrons. The van der Waals surface area contributed by atoms with Gasteiger partial charge in [-0.1, -0.05) is 12.1 Å². The molecule has 0 aliphatic heterocycles. The van der Waals surface area contributed by atoms with Crippen LogP contribution in [0.15, 0.2) is 36.7 Å². The number of benzene rings is 1. The van der Waals surface area contributed by atoms with Gasteiger partial charge >= 0.3 is 0 Å². The standard InChI is InChI=1S/C13H15IN4O/c1-9(10-2-4-11(14)5-3-10)17-12-6-16-18(7-12)8-13(15)19/h2-7,9,17H,8H2,1H3,(H2,15,19). The lowest BCUT2D eigenvalue weighted by atomic mass is 10.1. The van der Waals surface area contributed by atoms with Gasteiger partial charge in [0.25, 0.3) is 0 Å². The van der Waals surface area contributed by atoms with Gasteiger partial charge in [0.05, 0.1) is 11.9 Å². The molecule has 0 saturated heterocycles. The molecule has 1 unspecified atom stereocenters. The number of halogens is 1. The number of nitrogens with one attached hydrogen (secondary N) is 1. The van der Waals surface area contributed by atoms with Gasteiger partial charge in [-0.3, -0.25) is 9.48 Å². The fourth-order valence-corrected chi connectivity index (χ4v) is 2.13. The maximum atomic E-state index is 10.8. The molecule has 2 rings (SSSR count). The van der Waals surface area contributed by atoms with Crippen molar-refractivity contribution in [3.05, 3.63) is 45.8 Å². The zero-order valence-corrected chi connectivity index (χ0v) is 12.7. The molecule has 5 nitrogen and oxygen atoms in total. The number of aromatic nitrogens is 2. The molecule has 1 atom stereocenters. The van der Waals surface area contributed by atoms with Gasteiger partial charge < -0.3 is 11.1 Å². The summed E-state index contributed by atoms with van der Waals surface area (Å²) in [5, 5.41) is 7.40. The molecule has 1 heterocycles. The summed E-state index contributed by atoms with van der Waals surface area (Å²) in [6, 6.07) is 8.50. The zero-order valence-electron chi connectivity index (χ0n) is 10.5. The largest absolute Gasteiger partial charge is 0.376 e. The summed E-state index contributed by atoms with van der Waals surface area (Å²) >= 11 is 2.28. The quantitative estimate of drug-likeness (QED) is 0.793. The highest BCUT2D eigenvalue weighted by atomic mass is 127. The minimum Gasteiger partial charge on any atom is -0.376 e. The van der Waals surface area contributed by atoms with Gasteiger partial charge in [-0.25, -0.2) is 0 Å². The van der Waals surface area contributed by atoms with E-state index in [1.165, 1.54) is 13.8 Å². The van der Waals surface area contributed by atoms with Gasteiger partial charge in [-0.2, -0.15) is 5.10 Å². The summed E-state index contributed by atoms with van der Waals surface area (Å²) in [7, 11) is 0. The van der Waals surface area contributed by atoms with E-state index in [1.54, 1.807) is 12.4 Å². The third kappa shape index (κ3) is 3.95. The predicted octanol–water partition coefficient (Wildman–Crippen LogP) is 2.15. The molecule has 0 radical (unpaired) electrons. The Balaban J connectivity index is 2.02. The molecule has 1 aromatic carbocycles. The normalized spacial score (nSPS) is 12.1. The predicted molar refractivity (Wildman–Crippen MR) is 82.6 cm³/mol. The lowest BCUT2D eigenvalue weighted by Gasteiger charge is -2.14. The zero-order chi connectivity index (χ0) is 13.8. The van der Waals surface area contributed by atoms with Crippen molar-refractivity contribution in [3.8, 4) is 0 Å². The molecule has 0 bridgehead atoms. The van der Waals surface area contributed by atoms with Crippen LogP contribution in [0.3, 0.4) is 0 Å². The lowest BCUT2D eigenvalue weighted by molar-refractivity contribution is -0.118. The third-order valence-corrected chi connectivity index (χ3v) is 3.42. The molecule has 0 aliphatic carbocycles. The average Bonchev–Trinajstić information content (AvgIpc) is 2.76. The van der Waals surface area contributed by atoms with Crippen molar-refractivity contribution in [3.63, 3.8) is 0 Å². The van der Waals surface area contributed by atoms with E-state index in [9.17, 15) is 4.79 Å². The topological polar surface area (TPSA) is 72.9 Å². The highest BCUT2D eigenvalue weighted by Crippen LogP contribution is 2.19. The highest BCUT2D eigenvalue weighted by molar-refractivity contribution is 14.1. The summed E-state index contributed by atoms with van der Waals surface area (Å²) in [5.74, 6) is -0.402. The van der Waals surface area contributed by atoms with Crippen molar-refractivity contribution in [2.24, 2.45) is 5.73 Å². The molecule has 2 aromatic rings. The van der Waals surface area contributed by atoms with E-state index in [0.717, 1.165) is 5.69 Å². The Morgan fingerprint density at radius 2 is 2.16 bits per heavy atom.